The molecule has 4 nitrogen and oxygen atoms in total. The van der Waals surface area contributed by atoms with Gasteiger partial charge in [-0.15, -0.1) is 12.4 Å². The zero-order valence-electron chi connectivity index (χ0n) is 10.6. The Morgan fingerprint density at radius 2 is 1.82 bits per heavy atom. The lowest BCUT2D eigenvalue weighted by atomic mass is 10.0. The van der Waals surface area contributed by atoms with Crippen molar-refractivity contribution in [2.24, 2.45) is 11.7 Å². The van der Waals surface area contributed by atoms with E-state index in [9.17, 15) is 4.79 Å². The quantitative estimate of drug-likeness (QED) is 0.772. The first-order valence-corrected chi connectivity index (χ1v) is 6.27. The average Bonchev–Trinajstić information content (AvgIpc) is 2.62. The average molecular weight is 263 g/mol. The lowest BCUT2D eigenvalue weighted by Crippen LogP contribution is -2.51. The highest BCUT2D eigenvalue weighted by Crippen LogP contribution is 2.27. The minimum atomic E-state index is 0. The van der Waals surface area contributed by atoms with Crippen molar-refractivity contribution < 1.29 is 9.53 Å². The highest BCUT2D eigenvalue weighted by atomic mass is 35.5. The fraction of sp³-hybridized carbons (Fsp3) is 0.917. The van der Waals surface area contributed by atoms with Gasteiger partial charge in [0, 0.05) is 19.1 Å². The standard InChI is InChI=1S/C12H22N2O2.ClH/c1-8-6-14(7-9(2)16-8)12(15)10-4-3-5-11(10)13;/h8-11H,3-7,13H2,1-2H3;1H. The number of carbonyl (C=O) groups is 1. The van der Waals surface area contributed by atoms with Crippen LogP contribution in [0.15, 0.2) is 0 Å². The lowest BCUT2D eigenvalue weighted by molar-refractivity contribution is -0.147. The van der Waals surface area contributed by atoms with Crippen LogP contribution in [0.5, 0.6) is 0 Å². The van der Waals surface area contributed by atoms with Crippen molar-refractivity contribution in [2.45, 2.75) is 51.4 Å². The third kappa shape index (κ3) is 3.33. The molecule has 2 aliphatic rings. The lowest BCUT2D eigenvalue weighted by Gasteiger charge is -2.37. The van der Waals surface area contributed by atoms with Crippen LogP contribution in [0.3, 0.4) is 0 Å². The van der Waals surface area contributed by atoms with Gasteiger partial charge in [-0.25, -0.2) is 0 Å². The number of carbonyl (C=O) groups excluding carboxylic acids is 1. The number of nitrogens with two attached hydrogens (primary N) is 1. The summed E-state index contributed by atoms with van der Waals surface area (Å²) in [6.45, 7) is 5.47. The number of hydrogen-bond donors (Lipinski definition) is 1. The molecular weight excluding hydrogens is 240 g/mol. The molecule has 1 amide bonds. The van der Waals surface area contributed by atoms with E-state index in [1.807, 2.05) is 18.7 Å². The van der Waals surface area contributed by atoms with E-state index in [1.54, 1.807) is 0 Å². The molecule has 0 radical (unpaired) electrons. The second-order valence-electron chi connectivity index (χ2n) is 5.20. The smallest absolute Gasteiger partial charge is 0.227 e. The fourth-order valence-corrected chi connectivity index (χ4v) is 2.89. The normalized spacial score (nSPS) is 37.7. The third-order valence-electron chi connectivity index (χ3n) is 3.62. The first-order chi connectivity index (χ1) is 7.58. The van der Waals surface area contributed by atoms with Gasteiger partial charge in [0.15, 0.2) is 0 Å². The highest BCUT2D eigenvalue weighted by Gasteiger charge is 2.35. The fourth-order valence-electron chi connectivity index (χ4n) is 2.89. The van der Waals surface area contributed by atoms with Crippen LogP contribution in [-0.4, -0.2) is 42.1 Å². The molecule has 0 aromatic rings. The molecule has 100 valence electrons. The van der Waals surface area contributed by atoms with E-state index in [0.717, 1.165) is 19.3 Å². The Hall–Kier alpha value is -0.320. The predicted molar refractivity (Wildman–Crippen MR) is 69.2 cm³/mol. The van der Waals surface area contributed by atoms with E-state index in [1.165, 1.54) is 0 Å². The first-order valence-electron chi connectivity index (χ1n) is 6.27. The Kier molecular flexibility index (Phi) is 5.22. The van der Waals surface area contributed by atoms with Crippen LogP contribution >= 0.6 is 12.4 Å². The van der Waals surface area contributed by atoms with Gasteiger partial charge in [0.05, 0.1) is 18.1 Å². The number of rotatable bonds is 1. The molecule has 1 saturated heterocycles. The summed E-state index contributed by atoms with van der Waals surface area (Å²) in [6.07, 6.45) is 3.33. The molecule has 17 heavy (non-hydrogen) atoms. The molecule has 2 fully saturated rings. The molecular formula is C12H23ClN2O2. The SMILES string of the molecule is CC1CN(C(=O)C2CCCC2N)CC(C)O1.Cl. The Balaban J connectivity index is 0.00000144. The van der Waals surface area contributed by atoms with E-state index in [2.05, 4.69) is 0 Å². The molecule has 2 rings (SSSR count). The number of ether oxygens (including phenoxy) is 1. The van der Waals surface area contributed by atoms with Crippen LogP contribution < -0.4 is 5.73 Å². The molecule has 0 spiro atoms. The Labute approximate surface area is 109 Å². The summed E-state index contributed by atoms with van der Waals surface area (Å²) in [7, 11) is 0. The monoisotopic (exact) mass is 262 g/mol. The van der Waals surface area contributed by atoms with Gasteiger partial charge in [-0.2, -0.15) is 0 Å². The second-order valence-corrected chi connectivity index (χ2v) is 5.20. The van der Waals surface area contributed by atoms with E-state index >= 15 is 0 Å². The van der Waals surface area contributed by atoms with Crippen LogP contribution in [-0.2, 0) is 9.53 Å². The maximum absolute atomic E-state index is 12.3. The van der Waals surface area contributed by atoms with E-state index in [4.69, 9.17) is 10.5 Å². The van der Waals surface area contributed by atoms with Gasteiger partial charge in [-0.3, -0.25) is 4.79 Å². The minimum Gasteiger partial charge on any atom is -0.372 e. The van der Waals surface area contributed by atoms with E-state index < -0.39 is 0 Å². The first kappa shape index (κ1) is 14.7. The Morgan fingerprint density at radius 3 is 2.29 bits per heavy atom. The Bertz CT molecular complexity index is 265. The zero-order chi connectivity index (χ0) is 11.7. The summed E-state index contributed by atoms with van der Waals surface area (Å²) in [4.78, 5) is 14.2. The van der Waals surface area contributed by atoms with Crippen molar-refractivity contribution in [2.75, 3.05) is 13.1 Å². The molecule has 1 saturated carbocycles. The van der Waals surface area contributed by atoms with Gasteiger partial charge in [0.2, 0.25) is 5.91 Å². The summed E-state index contributed by atoms with van der Waals surface area (Å²) in [5.74, 6) is 0.296. The summed E-state index contributed by atoms with van der Waals surface area (Å²) in [5.41, 5.74) is 5.98. The van der Waals surface area contributed by atoms with Crippen LogP contribution in [0.1, 0.15) is 33.1 Å². The number of halogens is 1. The minimum absolute atomic E-state index is 0. The van der Waals surface area contributed by atoms with E-state index in [-0.39, 0.29) is 42.5 Å². The van der Waals surface area contributed by atoms with Gasteiger partial charge in [-0.1, -0.05) is 6.42 Å². The van der Waals surface area contributed by atoms with Crippen molar-refractivity contribution in [3.05, 3.63) is 0 Å². The van der Waals surface area contributed by atoms with Gasteiger partial charge in [-0.05, 0) is 26.7 Å². The Morgan fingerprint density at radius 1 is 1.24 bits per heavy atom. The van der Waals surface area contributed by atoms with Gasteiger partial charge >= 0.3 is 0 Å². The molecule has 4 unspecified atom stereocenters. The van der Waals surface area contributed by atoms with Gasteiger partial charge < -0.3 is 15.4 Å². The molecule has 4 atom stereocenters. The largest absolute Gasteiger partial charge is 0.372 e. The highest BCUT2D eigenvalue weighted by molar-refractivity contribution is 5.85. The van der Waals surface area contributed by atoms with Crippen molar-refractivity contribution in [1.29, 1.82) is 0 Å². The number of hydrogen-bond acceptors (Lipinski definition) is 3. The summed E-state index contributed by atoms with van der Waals surface area (Å²) in [5, 5.41) is 0. The number of nitrogens with zero attached hydrogens (tertiary/aromatic N) is 1. The molecule has 2 N–H and O–H groups in total. The molecule has 0 aromatic heterocycles. The summed E-state index contributed by atoms with van der Waals surface area (Å²) < 4.78 is 5.63. The van der Waals surface area contributed by atoms with Crippen LogP contribution in [0.4, 0.5) is 0 Å². The molecule has 1 heterocycles. The van der Waals surface area contributed by atoms with Crippen molar-refractivity contribution in [3.63, 3.8) is 0 Å². The van der Waals surface area contributed by atoms with Gasteiger partial charge in [0.1, 0.15) is 0 Å². The van der Waals surface area contributed by atoms with Gasteiger partial charge in [0.25, 0.3) is 0 Å². The third-order valence-corrected chi connectivity index (χ3v) is 3.62. The topological polar surface area (TPSA) is 55.6 Å². The van der Waals surface area contributed by atoms with Crippen molar-refractivity contribution >= 4 is 18.3 Å². The summed E-state index contributed by atoms with van der Waals surface area (Å²) >= 11 is 0. The molecule has 1 aliphatic carbocycles. The molecule has 0 bridgehead atoms. The van der Waals surface area contributed by atoms with Crippen molar-refractivity contribution in [3.8, 4) is 0 Å². The number of amides is 1. The van der Waals surface area contributed by atoms with Crippen LogP contribution in [0.25, 0.3) is 0 Å². The van der Waals surface area contributed by atoms with E-state index in [0.29, 0.717) is 13.1 Å². The molecule has 5 heteroatoms. The van der Waals surface area contributed by atoms with Crippen LogP contribution in [0.2, 0.25) is 0 Å². The second kappa shape index (κ2) is 6.03. The molecule has 1 aliphatic heterocycles. The zero-order valence-corrected chi connectivity index (χ0v) is 11.4. The number of morpholine rings is 1. The van der Waals surface area contributed by atoms with Crippen molar-refractivity contribution in [1.82, 2.24) is 4.90 Å². The predicted octanol–water partition coefficient (Wildman–Crippen LogP) is 1.17. The molecule has 0 aromatic carbocycles. The maximum Gasteiger partial charge on any atom is 0.227 e. The van der Waals surface area contributed by atoms with Crippen LogP contribution in [0, 0.1) is 5.92 Å². The maximum atomic E-state index is 12.3. The summed E-state index contributed by atoms with van der Waals surface area (Å²) in [6, 6.07) is 0.0703.